The van der Waals surface area contributed by atoms with Crippen LogP contribution in [0.2, 0.25) is 0 Å². The van der Waals surface area contributed by atoms with Crippen LogP contribution in [-0.2, 0) is 0 Å². The summed E-state index contributed by atoms with van der Waals surface area (Å²) in [5.74, 6) is 1.05. The molecule has 0 aliphatic rings. The third-order valence-corrected chi connectivity index (χ3v) is 3.16. The van der Waals surface area contributed by atoms with Crippen LogP contribution in [0.5, 0.6) is 5.75 Å². The second-order valence-corrected chi connectivity index (χ2v) is 4.65. The average molecular weight is 258 g/mol. The summed E-state index contributed by atoms with van der Waals surface area (Å²) in [6.07, 6.45) is 0. The Labute approximate surface area is 93.3 Å². The van der Waals surface area contributed by atoms with Gasteiger partial charge in [-0.1, -0.05) is 29.8 Å². The Kier molecular flexibility index (Phi) is 3.96. The first-order valence-corrected chi connectivity index (χ1v) is 5.54. The SMILES string of the molecule is CC(C)C(CN)c1cc(O)ccc1Br. The van der Waals surface area contributed by atoms with Crippen LogP contribution in [0.25, 0.3) is 0 Å². The maximum atomic E-state index is 9.40. The molecular formula is C11H16BrNO. The smallest absolute Gasteiger partial charge is 0.115 e. The third kappa shape index (κ3) is 2.49. The predicted octanol–water partition coefficient (Wildman–Crippen LogP) is 2.85. The normalized spacial score (nSPS) is 13.2. The molecule has 3 heteroatoms. The minimum absolute atomic E-state index is 0.288. The van der Waals surface area contributed by atoms with E-state index in [9.17, 15) is 5.11 Å². The van der Waals surface area contributed by atoms with Crippen molar-refractivity contribution in [1.29, 1.82) is 0 Å². The van der Waals surface area contributed by atoms with Crippen molar-refractivity contribution in [1.82, 2.24) is 0 Å². The van der Waals surface area contributed by atoms with E-state index < -0.39 is 0 Å². The summed E-state index contributed by atoms with van der Waals surface area (Å²) in [7, 11) is 0. The van der Waals surface area contributed by atoms with Crippen molar-refractivity contribution >= 4 is 15.9 Å². The van der Waals surface area contributed by atoms with Gasteiger partial charge < -0.3 is 10.8 Å². The van der Waals surface area contributed by atoms with Crippen LogP contribution < -0.4 is 5.73 Å². The lowest BCUT2D eigenvalue weighted by Gasteiger charge is -2.20. The fourth-order valence-corrected chi connectivity index (χ4v) is 2.11. The van der Waals surface area contributed by atoms with E-state index in [0.717, 1.165) is 10.0 Å². The maximum absolute atomic E-state index is 9.40. The van der Waals surface area contributed by atoms with Crippen molar-refractivity contribution in [2.24, 2.45) is 11.7 Å². The van der Waals surface area contributed by atoms with Crippen molar-refractivity contribution in [3.63, 3.8) is 0 Å². The Hall–Kier alpha value is -0.540. The van der Waals surface area contributed by atoms with Gasteiger partial charge >= 0.3 is 0 Å². The summed E-state index contributed by atoms with van der Waals surface area (Å²) in [6, 6.07) is 5.30. The number of hydrogen-bond acceptors (Lipinski definition) is 2. The van der Waals surface area contributed by atoms with Crippen LogP contribution in [0.4, 0.5) is 0 Å². The van der Waals surface area contributed by atoms with Gasteiger partial charge in [-0.25, -0.2) is 0 Å². The molecule has 0 saturated carbocycles. The van der Waals surface area contributed by atoms with Gasteiger partial charge in [0.25, 0.3) is 0 Å². The van der Waals surface area contributed by atoms with Crippen molar-refractivity contribution < 1.29 is 5.11 Å². The average Bonchev–Trinajstić information content (AvgIpc) is 2.11. The number of hydrogen-bond donors (Lipinski definition) is 2. The number of phenols is 1. The standard InChI is InChI=1S/C11H16BrNO/c1-7(2)10(6-13)9-5-8(14)3-4-11(9)12/h3-5,7,10,14H,6,13H2,1-2H3. The van der Waals surface area contributed by atoms with Gasteiger partial charge in [0.1, 0.15) is 5.75 Å². The lowest BCUT2D eigenvalue weighted by molar-refractivity contribution is 0.467. The van der Waals surface area contributed by atoms with Crippen LogP contribution in [0.3, 0.4) is 0 Å². The van der Waals surface area contributed by atoms with Gasteiger partial charge in [-0.3, -0.25) is 0 Å². The monoisotopic (exact) mass is 257 g/mol. The van der Waals surface area contributed by atoms with E-state index in [1.54, 1.807) is 12.1 Å². The van der Waals surface area contributed by atoms with Crippen LogP contribution in [-0.4, -0.2) is 11.7 Å². The lowest BCUT2D eigenvalue weighted by atomic mass is 9.88. The van der Waals surface area contributed by atoms with Crippen LogP contribution in [0, 0.1) is 5.92 Å². The molecule has 1 unspecified atom stereocenters. The predicted molar refractivity (Wildman–Crippen MR) is 62.4 cm³/mol. The minimum Gasteiger partial charge on any atom is -0.508 e. The quantitative estimate of drug-likeness (QED) is 0.875. The molecule has 78 valence electrons. The summed E-state index contributed by atoms with van der Waals surface area (Å²) < 4.78 is 1.01. The highest BCUT2D eigenvalue weighted by atomic mass is 79.9. The number of benzene rings is 1. The Morgan fingerprint density at radius 2 is 2.07 bits per heavy atom. The van der Waals surface area contributed by atoms with E-state index in [2.05, 4.69) is 29.8 Å². The van der Waals surface area contributed by atoms with Gasteiger partial charge in [-0.15, -0.1) is 0 Å². The molecule has 3 N–H and O–H groups in total. The van der Waals surface area contributed by atoms with Gasteiger partial charge in [0, 0.05) is 4.47 Å². The molecule has 0 bridgehead atoms. The van der Waals surface area contributed by atoms with Crippen LogP contribution in [0.1, 0.15) is 25.3 Å². The number of halogens is 1. The van der Waals surface area contributed by atoms with E-state index in [-0.39, 0.29) is 5.92 Å². The molecule has 0 radical (unpaired) electrons. The Balaban J connectivity index is 3.08. The highest BCUT2D eigenvalue weighted by Crippen LogP contribution is 2.32. The zero-order chi connectivity index (χ0) is 10.7. The zero-order valence-corrected chi connectivity index (χ0v) is 10.1. The van der Waals surface area contributed by atoms with E-state index in [0.29, 0.717) is 18.2 Å². The molecule has 14 heavy (non-hydrogen) atoms. The summed E-state index contributed by atoms with van der Waals surface area (Å²) in [6.45, 7) is 4.86. The first-order valence-electron chi connectivity index (χ1n) is 4.74. The van der Waals surface area contributed by atoms with E-state index in [1.807, 2.05) is 6.07 Å². The number of aromatic hydroxyl groups is 1. The molecule has 0 aliphatic heterocycles. The Morgan fingerprint density at radius 3 is 2.57 bits per heavy atom. The minimum atomic E-state index is 0.288. The fourth-order valence-electron chi connectivity index (χ4n) is 1.57. The molecular weight excluding hydrogens is 242 g/mol. The molecule has 1 rings (SSSR count). The fraction of sp³-hybridized carbons (Fsp3) is 0.455. The third-order valence-electron chi connectivity index (χ3n) is 2.44. The second kappa shape index (κ2) is 4.80. The highest BCUT2D eigenvalue weighted by molar-refractivity contribution is 9.10. The van der Waals surface area contributed by atoms with Gasteiger partial charge in [-0.2, -0.15) is 0 Å². The molecule has 0 aliphatic carbocycles. The molecule has 0 spiro atoms. The highest BCUT2D eigenvalue weighted by Gasteiger charge is 2.17. The van der Waals surface area contributed by atoms with Crippen molar-refractivity contribution in [3.8, 4) is 5.75 Å². The maximum Gasteiger partial charge on any atom is 0.115 e. The molecule has 0 fully saturated rings. The van der Waals surface area contributed by atoms with Crippen molar-refractivity contribution in [2.45, 2.75) is 19.8 Å². The molecule has 2 nitrogen and oxygen atoms in total. The molecule has 0 aromatic heterocycles. The lowest BCUT2D eigenvalue weighted by Crippen LogP contribution is -2.18. The van der Waals surface area contributed by atoms with E-state index in [1.165, 1.54) is 0 Å². The largest absolute Gasteiger partial charge is 0.508 e. The number of phenolic OH excluding ortho intramolecular Hbond substituents is 1. The summed E-state index contributed by atoms with van der Waals surface area (Å²) in [5, 5.41) is 9.40. The van der Waals surface area contributed by atoms with Gasteiger partial charge in [0.2, 0.25) is 0 Å². The molecule has 0 heterocycles. The molecule has 1 aromatic rings. The van der Waals surface area contributed by atoms with E-state index in [4.69, 9.17) is 5.73 Å². The van der Waals surface area contributed by atoms with Gasteiger partial charge in [-0.05, 0) is 42.1 Å². The molecule has 1 aromatic carbocycles. The van der Waals surface area contributed by atoms with Gasteiger partial charge in [0.05, 0.1) is 0 Å². The van der Waals surface area contributed by atoms with Gasteiger partial charge in [0.15, 0.2) is 0 Å². The van der Waals surface area contributed by atoms with Crippen LogP contribution >= 0.6 is 15.9 Å². The first-order chi connectivity index (χ1) is 6.56. The molecule has 0 saturated heterocycles. The number of rotatable bonds is 3. The molecule has 1 atom stereocenters. The number of nitrogens with two attached hydrogens (primary N) is 1. The zero-order valence-electron chi connectivity index (χ0n) is 8.50. The Morgan fingerprint density at radius 1 is 1.43 bits per heavy atom. The summed E-state index contributed by atoms with van der Waals surface area (Å²) in [4.78, 5) is 0. The van der Waals surface area contributed by atoms with Crippen LogP contribution in [0.15, 0.2) is 22.7 Å². The summed E-state index contributed by atoms with van der Waals surface area (Å²) >= 11 is 3.47. The first kappa shape index (κ1) is 11.5. The second-order valence-electron chi connectivity index (χ2n) is 3.79. The topological polar surface area (TPSA) is 46.2 Å². The summed E-state index contributed by atoms with van der Waals surface area (Å²) in [5.41, 5.74) is 6.81. The van der Waals surface area contributed by atoms with Crippen molar-refractivity contribution in [3.05, 3.63) is 28.2 Å². The molecule has 0 amide bonds. The van der Waals surface area contributed by atoms with Crippen molar-refractivity contribution in [2.75, 3.05) is 6.54 Å². The Bertz CT molecular complexity index is 312. The van der Waals surface area contributed by atoms with E-state index >= 15 is 0 Å².